The normalized spacial score (nSPS) is 18.9. The number of hydrogen-bond donors (Lipinski definition) is 10. The van der Waals surface area contributed by atoms with Crippen molar-refractivity contribution in [3.8, 4) is 0 Å². The fourth-order valence-corrected chi connectivity index (χ4v) is 12.6. The van der Waals surface area contributed by atoms with Crippen LogP contribution in [0.5, 0.6) is 0 Å². The summed E-state index contributed by atoms with van der Waals surface area (Å²) >= 11 is 0. The monoisotopic (exact) mass is 1350 g/mol. The average Bonchev–Trinajstić information content (AvgIpc) is 1.84. The van der Waals surface area contributed by atoms with Crippen molar-refractivity contribution in [2.75, 3.05) is 19.6 Å². The molecule has 3 saturated heterocycles. The van der Waals surface area contributed by atoms with Gasteiger partial charge in [-0.05, 0) is 113 Å². The number of carboxylic acids is 1. The zero-order valence-corrected chi connectivity index (χ0v) is 56.9. The third-order valence-electron chi connectivity index (χ3n) is 17.7. The van der Waals surface area contributed by atoms with E-state index in [1.165, 1.54) is 30.6 Å². The highest BCUT2D eigenvalue weighted by molar-refractivity contribution is 5.99. The molecular formula is C69H98N12O16. The molecule has 28 heteroatoms. The maximum absolute atomic E-state index is 14.7. The van der Waals surface area contributed by atoms with Gasteiger partial charge in [0.1, 0.15) is 66.5 Å². The minimum Gasteiger partial charge on any atom is -0.480 e. The second kappa shape index (κ2) is 35.9. The van der Waals surface area contributed by atoms with Gasteiger partial charge in [-0.2, -0.15) is 0 Å². The fraction of sp³-hybridized carbons (Fsp3) is 0.565. The molecule has 12 atom stereocenters. The highest BCUT2D eigenvalue weighted by Gasteiger charge is 2.45. The number of rotatable bonds is 32. The minimum absolute atomic E-state index is 0.00524. The lowest BCUT2D eigenvalue weighted by Crippen LogP contribution is -2.61. The summed E-state index contributed by atoms with van der Waals surface area (Å²) in [6.07, 6.45) is 1.08. The molecule has 3 fully saturated rings. The Labute approximate surface area is 566 Å². The van der Waals surface area contributed by atoms with E-state index >= 15 is 0 Å². The van der Waals surface area contributed by atoms with Gasteiger partial charge < -0.3 is 52.1 Å². The van der Waals surface area contributed by atoms with Gasteiger partial charge in [-0.15, -0.1) is 0 Å². The maximum Gasteiger partial charge on any atom is 0.326 e. The average molecular weight is 1350 g/mol. The predicted molar refractivity (Wildman–Crippen MR) is 353 cm³/mol. The second-order valence-electron chi connectivity index (χ2n) is 26.9. The highest BCUT2D eigenvalue weighted by atomic mass is 16.5. The lowest BCUT2D eigenvalue weighted by molar-refractivity contribution is -0.183. The van der Waals surface area contributed by atoms with Crippen LogP contribution in [-0.2, 0) is 76.8 Å². The molecule has 11 N–H and O–H groups in total. The number of carboxylic acid groups (broad SMARTS) is 1. The molecule has 3 aliphatic rings. The van der Waals surface area contributed by atoms with E-state index in [0.717, 1.165) is 4.90 Å². The first-order valence-electron chi connectivity index (χ1n) is 33.5. The van der Waals surface area contributed by atoms with Gasteiger partial charge in [-0.25, -0.2) is 20.0 Å². The predicted octanol–water partition coefficient (Wildman–Crippen LogP) is 2.48. The second-order valence-corrected chi connectivity index (χ2v) is 26.9. The molecule has 0 unspecified atom stereocenters. The van der Waals surface area contributed by atoms with Crippen molar-refractivity contribution in [1.29, 1.82) is 0 Å². The van der Waals surface area contributed by atoms with E-state index in [-0.39, 0.29) is 105 Å². The molecule has 3 aliphatic heterocycles. The van der Waals surface area contributed by atoms with E-state index in [9.17, 15) is 78.3 Å². The van der Waals surface area contributed by atoms with Crippen molar-refractivity contribution >= 4 is 70.9 Å². The standard InChI is InChI=1S/C69H98N12O16/c1-40(2)34-49(70)66(90)79(95)55(37-46-22-13-10-14-23-46)60(84)71-43(7)63(87)76-31-19-28-52(76)58(82)74-50(35-41(3)4)67(91)80(96)56(38-47-24-15-11-16-25-47)61(85)72-44(8)64(88)77-32-20-29-53(77)59(83)75-51(36-42(5)6)68(92)81(97)57(39-48-26-17-12-18-27-48)62(86)73-45(9)65(89)78-33-21-30-54(78)69(93)94/h10-18,22-27,40-45,49-57,95-97H,19-21,28-39,70H2,1-9H3,(H,71,84)(H,72,85)(H,73,86)(H,74,82)(H,75,83)(H,93,94)/t43-,44-,45-,49-,50-,51-,52+,53+,54+,55-,56-,57-/m0/s1. The first-order chi connectivity index (χ1) is 45.9. The maximum atomic E-state index is 14.7. The summed E-state index contributed by atoms with van der Waals surface area (Å²) in [5.74, 6) is -11.3. The summed E-state index contributed by atoms with van der Waals surface area (Å²) in [6, 6.07) is 9.10. The lowest BCUT2D eigenvalue weighted by Gasteiger charge is -2.33. The van der Waals surface area contributed by atoms with Crippen LogP contribution >= 0.6 is 0 Å². The van der Waals surface area contributed by atoms with Gasteiger partial charge in [-0.3, -0.25) is 68.4 Å². The Morgan fingerprint density at radius 2 is 0.701 bits per heavy atom. The third kappa shape index (κ3) is 21.1. The number of carbonyl (C=O) groups is 12. The molecular weight excluding hydrogens is 1250 g/mol. The summed E-state index contributed by atoms with van der Waals surface area (Å²) in [4.78, 5) is 172. The van der Waals surface area contributed by atoms with E-state index < -0.39 is 143 Å². The first kappa shape index (κ1) is 77.1. The Hall–Kier alpha value is -8.86. The van der Waals surface area contributed by atoms with Crippen LogP contribution < -0.4 is 32.3 Å². The van der Waals surface area contributed by atoms with Gasteiger partial charge in [-0.1, -0.05) is 133 Å². The summed E-state index contributed by atoms with van der Waals surface area (Å²) < 4.78 is 0. The molecule has 0 aromatic heterocycles. The van der Waals surface area contributed by atoms with Gasteiger partial charge >= 0.3 is 5.97 Å². The van der Waals surface area contributed by atoms with E-state index in [2.05, 4.69) is 26.6 Å². The summed E-state index contributed by atoms with van der Waals surface area (Å²) in [7, 11) is 0. The van der Waals surface area contributed by atoms with Crippen LogP contribution in [0.2, 0.25) is 0 Å². The molecule has 11 amide bonds. The Balaban J connectivity index is 1.14. The lowest BCUT2D eigenvalue weighted by atomic mass is 10.00. The number of benzene rings is 3. The summed E-state index contributed by atoms with van der Waals surface area (Å²) in [5, 5.41) is 58.5. The van der Waals surface area contributed by atoms with Gasteiger partial charge in [0.25, 0.3) is 17.7 Å². The fourth-order valence-electron chi connectivity index (χ4n) is 12.6. The summed E-state index contributed by atoms with van der Waals surface area (Å²) in [6.45, 7) is 15.1. The Kier molecular flexibility index (Phi) is 28.6. The van der Waals surface area contributed by atoms with Gasteiger partial charge in [0.05, 0.1) is 6.04 Å². The van der Waals surface area contributed by atoms with Crippen molar-refractivity contribution < 1.29 is 78.3 Å². The Morgan fingerprint density at radius 3 is 0.990 bits per heavy atom. The zero-order valence-electron chi connectivity index (χ0n) is 56.9. The first-order valence-corrected chi connectivity index (χ1v) is 33.5. The number of nitrogens with zero attached hydrogens (tertiary/aromatic N) is 6. The van der Waals surface area contributed by atoms with Crippen molar-refractivity contribution in [3.63, 3.8) is 0 Å². The van der Waals surface area contributed by atoms with Gasteiger partial charge in [0, 0.05) is 38.9 Å². The number of nitrogens with one attached hydrogen (secondary N) is 5. The molecule has 97 heavy (non-hydrogen) atoms. The van der Waals surface area contributed by atoms with Crippen LogP contribution in [0.15, 0.2) is 91.0 Å². The Bertz CT molecular complexity index is 3230. The molecule has 28 nitrogen and oxygen atoms in total. The third-order valence-corrected chi connectivity index (χ3v) is 17.7. The Morgan fingerprint density at radius 1 is 0.423 bits per heavy atom. The number of aliphatic carboxylic acids is 1. The molecule has 3 aromatic carbocycles. The minimum atomic E-state index is -1.72. The van der Waals surface area contributed by atoms with Crippen LogP contribution in [0, 0.1) is 17.8 Å². The van der Waals surface area contributed by atoms with Crippen LogP contribution in [0.4, 0.5) is 0 Å². The van der Waals surface area contributed by atoms with E-state index in [1.54, 1.807) is 119 Å². The van der Waals surface area contributed by atoms with Crippen LogP contribution in [0.3, 0.4) is 0 Å². The number of hydroxylamine groups is 6. The van der Waals surface area contributed by atoms with Gasteiger partial charge in [0.15, 0.2) is 0 Å². The highest BCUT2D eigenvalue weighted by Crippen LogP contribution is 2.25. The molecule has 0 aliphatic carbocycles. The number of amides is 11. The SMILES string of the molecule is CC(C)C[C@H](NC(=O)[C@H]1CCCN1C(=O)[C@H](C)NC(=O)[C@H](Cc1ccccc1)N(O)C(=O)[C@H](CC(C)C)NC(=O)[C@H]1CCCN1C(=O)[C@H](C)NC(=O)[C@H](Cc1ccccc1)N(O)C(=O)[C@@H](N)CC(C)C)C(=O)N(O)[C@@H](Cc1ccccc1)C(=O)N[C@@H](C)C(=O)N1CCC[C@@H]1C(=O)O. The summed E-state index contributed by atoms with van der Waals surface area (Å²) in [5.41, 5.74) is 7.74. The van der Waals surface area contributed by atoms with Crippen molar-refractivity contribution in [1.82, 2.24) is 56.5 Å². The van der Waals surface area contributed by atoms with Crippen molar-refractivity contribution in [3.05, 3.63) is 108 Å². The number of hydrogen-bond acceptors (Lipinski definition) is 16. The van der Waals surface area contributed by atoms with Crippen LogP contribution in [0.25, 0.3) is 0 Å². The molecule has 3 heterocycles. The quantitative estimate of drug-likeness (QED) is 0.0317. The molecule has 3 aromatic rings. The van der Waals surface area contributed by atoms with E-state index in [4.69, 9.17) is 5.73 Å². The molecule has 0 saturated carbocycles. The van der Waals surface area contributed by atoms with Crippen molar-refractivity contribution in [2.45, 2.75) is 212 Å². The molecule has 0 bridgehead atoms. The van der Waals surface area contributed by atoms with E-state index in [1.807, 2.05) is 13.8 Å². The largest absolute Gasteiger partial charge is 0.480 e. The van der Waals surface area contributed by atoms with Crippen molar-refractivity contribution in [2.24, 2.45) is 23.5 Å². The van der Waals surface area contributed by atoms with Crippen LogP contribution in [0.1, 0.15) is 137 Å². The molecule has 0 spiro atoms. The molecule has 530 valence electrons. The van der Waals surface area contributed by atoms with Crippen LogP contribution in [-0.4, -0.2) is 214 Å². The molecule has 6 rings (SSSR count). The number of likely N-dealkylation sites (tertiary alicyclic amines) is 3. The topological polar surface area (TPSA) is 391 Å². The zero-order chi connectivity index (χ0) is 71.5. The van der Waals surface area contributed by atoms with E-state index in [0.29, 0.717) is 41.0 Å². The smallest absolute Gasteiger partial charge is 0.326 e. The molecule has 0 radical (unpaired) electrons. The van der Waals surface area contributed by atoms with Gasteiger partial charge in [0.2, 0.25) is 47.3 Å². The number of nitrogens with two attached hydrogens (primary N) is 1. The number of carbonyl (C=O) groups excluding carboxylic acids is 11.